The summed E-state index contributed by atoms with van der Waals surface area (Å²) in [6.45, 7) is 0.434. The molecule has 4 heteroatoms. The molecule has 16 heavy (non-hydrogen) atoms. The van der Waals surface area contributed by atoms with E-state index >= 15 is 0 Å². The minimum atomic E-state index is 0.200. The molecule has 0 spiro atoms. The van der Waals surface area contributed by atoms with Crippen molar-refractivity contribution in [1.82, 2.24) is 4.98 Å². The first kappa shape index (κ1) is 11.0. The van der Waals surface area contributed by atoms with E-state index in [2.05, 4.69) is 20.9 Å². The van der Waals surface area contributed by atoms with Crippen LogP contribution in [0.3, 0.4) is 0 Å². The van der Waals surface area contributed by atoms with Crippen molar-refractivity contribution < 1.29 is 9.84 Å². The molecule has 1 N–H and O–H groups in total. The Balaban J connectivity index is 1.99. The van der Waals surface area contributed by atoms with Crippen LogP contribution >= 0.6 is 15.9 Å². The Labute approximate surface area is 102 Å². The summed E-state index contributed by atoms with van der Waals surface area (Å²) in [5.74, 6) is 0.842. The van der Waals surface area contributed by atoms with Crippen LogP contribution in [0.5, 0.6) is 11.5 Å². The Morgan fingerprint density at radius 3 is 2.81 bits per heavy atom. The first-order valence-electron chi connectivity index (χ1n) is 4.76. The number of benzene rings is 1. The van der Waals surface area contributed by atoms with Crippen LogP contribution in [0.25, 0.3) is 0 Å². The number of ether oxygens (including phenoxy) is 1. The maximum absolute atomic E-state index is 9.25. The lowest BCUT2D eigenvalue weighted by Crippen LogP contribution is -1.95. The van der Waals surface area contributed by atoms with Gasteiger partial charge in [0.05, 0.1) is 0 Å². The van der Waals surface area contributed by atoms with Crippen molar-refractivity contribution in [2.24, 2.45) is 0 Å². The predicted octanol–water partition coefficient (Wildman–Crippen LogP) is 3.13. The van der Waals surface area contributed by atoms with E-state index in [1.165, 1.54) is 0 Å². The van der Waals surface area contributed by atoms with Gasteiger partial charge in [-0.15, -0.1) is 0 Å². The van der Waals surface area contributed by atoms with Gasteiger partial charge in [0.2, 0.25) is 0 Å². The van der Waals surface area contributed by atoms with Gasteiger partial charge in [-0.1, -0.05) is 12.1 Å². The predicted molar refractivity (Wildman–Crippen MR) is 64.4 cm³/mol. The van der Waals surface area contributed by atoms with Gasteiger partial charge < -0.3 is 9.84 Å². The molecule has 1 aromatic carbocycles. The molecule has 2 rings (SSSR count). The molecule has 82 valence electrons. The molecule has 0 unspecified atom stereocenters. The van der Waals surface area contributed by atoms with Crippen molar-refractivity contribution in [3.05, 3.63) is 52.8 Å². The van der Waals surface area contributed by atoms with Gasteiger partial charge in [0.25, 0.3) is 0 Å². The zero-order valence-corrected chi connectivity index (χ0v) is 10.0. The number of pyridine rings is 1. The van der Waals surface area contributed by atoms with Gasteiger partial charge in [0.1, 0.15) is 22.7 Å². The summed E-state index contributed by atoms with van der Waals surface area (Å²) >= 11 is 3.27. The van der Waals surface area contributed by atoms with Crippen LogP contribution in [-0.4, -0.2) is 10.1 Å². The lowest BCUT2D eigenvalue weighted by atomic mass is 10.3. The van der Waals surface area contributed by atoms with Crippen LogP contribution < -0.4 is 4.74 Å². The molecule has 0 bridgehead atoms. The highest BCUT2D eigenvalue weighted by atomic mass is 79.9. The number of rotatable bonds is 3. The Morgan fingerprint density at radius 1 is 1.25 bits per heavy atom. The molecule has 1 aromatic heterocycles. The molecule has 0 saturated heterocycles. The lowest BCUT2D eigenvalue weighted by molar-refractivity contribution is 0.304. The minimum absolute atomic E-state index is 0.200. The first-order valence-corrected chi connectivity index (χ1v) is 5.55. The van der Waals surface area contributed by atoms with Crippen molar-refractivity contribution >= 4 is 15.9 Å². The molecule has 1 heterocycles. The Bertz CT molecular complexity index is 471. The maximum Gasteiger partial charge on any atom is 0.123 e. The normalized spacial score (nSPS) is 10.1. The molecule has 0 aliphatic carbocycles. The molecule has 2 aromatic rings. The molecule has 0 amide bonds. The number of aromatic nitrogens is 1. The van der Waals surface area contributed by atoms with E-state index in [0.29, 0.717) is 12.4 Å². The van der Waals surface area contributed by atoms with E-state index in [-0.39, 0.29) is 5.75 Å². The van der Waals surface area contributed by atoms with E-state index in [1.54, 1.807) is 30.5 Å². The monoisotopic (exact) mass is 279 g/mol. The van der Waals surface area contributed by atoms with E-state index in [4.69, 9.17) is 4.74 Å². The van der Waals surface area contributed by atoms with Gasteiger partial charge in [-0.2, -0.15) is 0 Å². The molecule has 0 aliphatic rings. The molecule has 0 radical (unpaired) electrons. The summed E-state index contributed by atoms with van der Waals surface area (Å²) in [7, 11) is 0. The molecule has 0 aliphatic heterocycles. The quantitative estimate of drug-likeness (QED) is 0.878. The van der Waals surface area contributed by atoms with E-state index in [9.17, 15) is 5.11 Å². The Morgan fingerprint density at radius 2 is 2.12 bits per heavy atom. The fourth-order valence-electron chi connectivity index (χ4n) is 1.23. The summed E-state index contributed by atoms with van der Waals surface area (Å²) in [5.41, 5.74) is 0.978. The Kier molecular flexibility index (Phi) is 3.41. The van der Waals surface area contributed by atoms with Gasteiger partial charge in [0.15, 0.2) is 0 Å². The van der Waals surface area contributed by atoms with Crippen LogP contribution in [0, 0.1) is 0 Å². The highest BCUT2D eigenvalue weighted by Gasteiger charge is 1.97. The highest BCUT2D eigenvalue weighted by molar-refractivity contribution is 9.10. The van der Waals surface area contributed by atoms with Crippen LogP contribution in [-0.2, 0) is 6.61 Å². The van der Waals surface area contributed by atoms with Crippen LogP contribution in [0.4, 0.5) is 0 Å². The average molecular weight is 280 g/mol. The topological polar surface area (TPSA) is 42.4 Å². The first-order chi connectivity index (χ1) is 7.74. The summed E-state index contributed by atoms with van der Waals surface area (Å²) in [5, 5.41) is 9.25. The van der Waals surface area contributed by atoms with Gasteiger partial charge in [0, 0.05) is 17.8 Å². The standard InChI is InChI=1S/C12H10BrNO2/c13-12-5-4-9(7-14-12)8-16-11-3-1-2-10(15)6-11/h1-7,15H,8H2. The largest absolute Gasteiger partial charge is 0.508 e. The second-order valence-corrected chi connectivity index (χ2v) is 4.09. The second kappa shape index (κ2) is 4.99. The zero-order valence-electron chi connectivity index (χ0n) is 8.43. The zero-order chi connectivity index (χ0) is 11.4. The average Bonchev–Trinajstić information content (AvgIpc) is 2.28. The van der Waals surface area contributed by atoms with Crippen molar-refractivity contribution in [2.45, 2.75) is 6.61 Å². The second-order valence-electron chi connectivity index (χ2n) is 3.28. The maximum atomic E-state index is 9.25. The van der Waals surface area contributed by atoms with Gasteiger partial charge in [-0.25, -0.2) is 4.98 Å². The number of aromatic hydroxyl groups is 1. The number of nitrogens with zero attached hydrogens (tertiary/aromatic N) is 1. The van der Waals surface area contributed by atoms with Gasteiger partial charge in [-0.05, 0) is 34.1 Å². The fourth-order valence-corrected chi connectivity index (χ4v) is 1.47. The minimum Gasteiger partial charge on any atom is -0.508 e. The van der Waals surface area contributed by atoms with Gasteiger partial charge >= 0.3 is 0 Å². The third-order valence-electron chi connectivity index (χ3n) is 2.01. The molecular formula is C12H10BrNO2. The van der Waals surface area contributed by atoms with Crippen LogP contribution in [0.15, 0.2) is 47.2 Å². The number of phenolic OH excluding ortho intramolecular Hbond substituents is 1. The van der Waals surface area contributed by atoms with Crippen molar-refractivity contribution in [3.63, 3.8) is 0 Å². The van der Waals surface area contributed by atoms with E-state index < -0.39 is 0 Å². The Hall–Kier alpha value is -1.55. The molecular weight excluding hydrogens is 270 g/mol. The molecule has 0 atom stereocenters. The third-order valence-corrected chi connectivity index (χ3v) is 2.48. The van der Waals surface area contributed by atoms with Gasteiger partial charge in [-0.3, -0.25) is 0 Å². The van der Waals surface area contributed by atoms with Crippen molar-refractivity contribution in [1.29, 1.82) is 0 Å². The number of hydrogen-bond donors (Lipinski definition) is 1. The van der Waals surface area contributed by atoms with Crippen LogP contribution in [0.1, 0.15) is 5.56 Å². The summed E-state index contributed by atoms with van der Waals surface area (Å²) < 4.78 is 6.30. The molecule has 0 saturated carbocycles. The molecule has 3 nitrogen and oxygen atoms in total. The van der Waals surface area contributed by atoms with Crippen molar-refractivity contribution in [2.75, 3.05) is 0 Å². The molecule has 0 fully saturated rings. The summed E-state index contributed by atoms with van der Waals surface area (Å²) in [6.07, 6.45) is 1.74. The van der Waals surface area contributed by atoms with E-state index in [0.717, 1.165) is 10.2 Å². The smallest absolute Gasteiger partial charge is 0.123 e. The fraction of sp³-hybridized carbons (Fsp3) is 0.0833. The van der Waals surface area contributed by atoms with Crippen molar-refractivity contribution in [3.8, 4) is 11.5 Å². The highest BCUT2D eigenvalue weighted by Crippen LogP contribution is 2.18. The SMILES string of the molecule is Oc1cccc(OCc2ccc(Br)nc2)c1. The number of hydrogen-bond acceptors (Lipinski definition) is 3. The van der Waals surface area contributed by atoms with E-state index in [1.807, 2.05) is 12.1 Å². The summed E-state index contributed by atoms with van der Waals surface area (Å²) in [6, 6.07) is 10.5. The summed E-state index contributed by atoms with van der Waals surface area (Å²) in [4.78, 5) is 4.10. The third kappa shape index (κ3) is 2.97. The lowest BCUT2D eigenvalue weighted by Gasteiger charge is -2.06. The van der Waals surface area contributed by atoms with Crippen LogP contribution in [0.2, 0.25) is 0 Å². The number of halogens is 1. The number of phenols is 1.